The van der Waals surface area contributed by atoms with E-state index in [4.69, 9.17) is 0 Å². The zero-order valence-corrected chi connectivity index (χ0v) is 15.1. The van der Waals surface area contributed by atoms with Gasteiger partial charge in [-0.2, -0.15) is 5.10 Å². The number of carbonyl (C=O) groups is 1. The molecule has 0 spiro atoms. The SMILES string of the molecule is O=C(NCCNc1cc(N2CCCC2)cnn1)c1nc2ccccc2s1. The lowest BCUT2D eigenvalue weighted by Gasteiger charge is -2.17. The van der Waals surface area contributed by atoms with Crippen LogP contribution in [0, 0.1) is 0 Å². The fourth-order valence-corrected chi connectivity index (χ4v) is 3.88. The van der Waals surface area contributed by atoms with E-state index in [0.717, 1.165) is 34.8 Å². The zero-order valence-electron chi connectivity index (χ0n) is 14.3. The summed E-state index contributed by atoms with van der Waals surface area (Å²) in [5, 5.41) is 14.8. The third-order valence-electron chi connectivity index (χ3n) is 4.32. The molecule has 0 unspecified atom stereocenters. The molecule has 2 aromatic heterocycles. The van der Waals surface area contributed by atoms with E-state index in [0.29, 0.717) is 18.1 Å². The van der Waals surface area contributed by atoms with Crippen LogP contribution in [0.25, 0.3) is 10.2 Å². The maximum absolute atomic E-state index is 12.2. The van der Waals surface area contributed by atoms with Crippen molar-refractivity contribution in [2.45, 2.75) is 12.8 Å². The van der Waals surface area contributed by atoms with E-state index in [1.807, 2.05) is 30.3 Å². The molecule has 3 heterocycles. The van der Waals surface area contributed by atoms with Crippen molar-refractivity contribution in [2.75, 3.05) is 36.4 Å². The van der Waals surface area contributed by atoms with Gasteiger partial charge in [-0.1, -0.05) is 12.1 Å². The molecular weight excluding hydrogens is 348 g/mol. The molecule has 7 nitrogen and oxygen atoms in total. The minimum absolute atomic E-state index is 0.148. The van der Waals surface area contributed by atoms with Crippen molar-refractivity contribution in [1.82, 2.24) is 20.5 Å². The highest BCUT2D eigenvalue weighted by atomic mass is 32.1. The average Bonchev–Trinajstić information content (AvgIpc) is 3.35. The summed E-state index contributed by atoms with van der Waals surface area (Å²) in [5.74, 6) is 0.577. The van der Waals surface area contributed by atoms with Crippen molar-refractivity contribution in [3.63, 3.8) is 0 Å². The van der Waals surface area contributed by atoms with Crippen molar-refractivity contribution < 1.29 is 4.79 Å². The van der Waals surface area contributed by atoms with Gasteiger partial charge in [0, 0.05) is 32.2 Å². The second kappa shape index (κ2) is 7.65. The third-order valence-corrected chi connectivity index (χ3v) is 5.35. The van der Waals surface area contributed by atoms with E-state index in [-0.39, 0.29) is 5.91 Å². The quantitative estimate of drug-likeness (QED) is 0.651. The smallest absolute Gasteiger partial charge is 0.280 e. The van der Waals surface area contributed by atoms with Crippen LogP contribution in [0.5, 0.6) is 0 Å². The first kappa shape index (κ1) is 16.7. The Morgan fingerprint density at radius 2 is 2.04 bits per heavy atom. The Hall–Kier alpha value is -2.74. The first-order chi connectivity index (χ1) is 12.8. The van der Waals surface area contributed by atoms with Gasteiger partial charge in [-0.15, -0.1) is 16.4 Å². The van der Waals surface area contributed by atoms with Gasteiger partial charge in [0.15, 0.2) is 10.8 Å². The molecule has 0 saturated carbocycles. The molecular formula is C18H20N6OS. The predicted octanol–water partition coefficient (Wildman–Crippen LogP) is 2.53. The Morgan fingerprint density at radius 1 is 1.19 bits per heavy atom. The minimum atomic E-state index is -0.148. The highest BCUT2D eigenvalue weighted by Gasteiger charge is 2.14. The average molecular weight is 368 g/mol. The van der Waals surface area contributed by atoms with Gasteiger partial charge in [0.2, 0.25) is 0 Å². The number of hydrogen-bond donors (Lipinski definition) is 2. The molecule has 0 bridgehead atoms. The Labute approximate surface area is 155 Å². The normalized spacial score (nSPS) is 13.9. The van der Waals surface area contributed by atoms with Crippen LogP contribution in [0.2, 0.25) is 0 Å². The Kier molecular flexibility index (Phi) is 4.92. The van der Waals surface area contributed by atoms with E-state index in [1.54, 1.807) is 6.20 Å². The van der Waals surface area contributed by atoms with Gasteiger partial charge in [-0.05, 0) is 25.0 Å². The van der Waals surface area contributed by atoms with Crippen LogP contribution in [-0.4, -0.2) is 47.3 Å². The molecule has 8 heteroatoms. The fraction of sp³-hybridized carbons (Fsp3) is 0.333. The number of carbonyl (C=O) groups excluding carboxylic acids is 1. The number of benzene rings is 1. The first-order valence-electron chi connectivity index (χ1n) is 8.75. The molecule has 4 rings (SSSR count). The molecule has 0 radical (unpaired) electrons. The van der Waals surface area contributed by atoms with Crippen LogP contribution < -0.4 is 15.5 Å². The van der Waals surface area contributed by atoms with Crippen molar-refractivity contribution in [2.24, 2.45) is 0 Å². The lowest BCUT2D eigenvalue weighted by Crippen LogP contribution is -2.28. The van der Waals surface area contributed by atoms with Crippen LogP contribution in [-0.2, 0) is 0 Å². The summed E-state index contributed by atoms with van der Waals surface area (Å²) in [4.78, 5) is 18.9. The molecule has 1 amide bonds. The number of nitrogens with one attached hydrogen (secondary N) is 2. The largest absolute Gasteiger partial charge is 0.370 e. The van der Waals surface area contributed by atoms with Gasteiger partial charge in [-0.25, -0.2) is 4.98 Å². The molecule has 3 aromatic rings. The van der Waals surface area contributed by atoms with E-state index in [9.17, 15) is 4.79 Å². The summed E-state index contributed by atoms with van der Waals surface area (Å²) in [6.45, 7) is 3.21. The first-order valence-corrected chi connectivity index (χ1v) is 9.56. The monoisotopic (exact) mass is 368 g/mol. The zero-order chi connectivity index (χ0) is 17.8. The van der Waals surface area contributed by atoms with Crippen LogP contribution in [0.3, 0.4) is 0 Å². The number of thiazole rings is 1. The Balaban J connectivity index is 1.28. The van der Waals surface area contributed by atoms with Crippen molar-refractivity contribution in [1.29, 1.82) is 0 Å². The Bertz CT molecular complexity index is 872. The van der Waals surface area contributed by atoms with Gasteiger partial charge < -0.3 is 15.5 Å². The molecule has 0 atom stereocenters. The van der Waals surface area contributed by atoms with Gasteiger partial charge in [-0.3, -0.25) is 4.79 Å². The second-order valence-electron chi connectivity index (χ2n) is 6.16. The number of nitrogens with zero attached hydrogens (tertiary/aromatic N) is 4. The maximum atomic E-state index is 12.2. The van der Waals surface area contributed by atoms with E-state index in [1.165, 1.54) is 24.2 Å². The number of fused-ring (bicyclic) bond motifs is 1. The molecule has 1 aliphatic rings. The number of hydrogen-bond acceptors (Lipinski definition) is 7. The molecule has 1 fully saturated rings. The molecule has 1 aromatic carbocycles. The molecule has 2 N–H and O–H groups in total. The number of rotatable bonds is 6. The number of aromatic nitrogens is 3. The predicted molar refractivity (Wildman–Crippen MR) is 104 cm³/mol. The Morgan fingerprint density at radius 3 is 2.88 bits per heavy atom. The molecule has 1 aliphatic heterocycles. The van der Waals surface area contributed by atoms with E-state index in [2.05, 4.69) is 30.7 Å². The summed E-state index contributed by atoms with van der Waals surface area (Å²) >= 11 is 1.40. The molecule has 26 heavy (non-hydrogen) atoms. The molecule has 1 saturated heterocycles. The summed E-state index contributed by atoms with van der Waals surface area (Å²) < 4.78 is 1.02. The van der Waals surface area contributed by atoms with Crippen LogP contribution >= 0.6 is 11.3 Å². The molecule has 0 aliphatic carbocycles. The van der Waals surface area contributed by atoms with E-state index >= 15 is 0 Å². The number of para-hydroxylation sites is 1. The van der Waals surface area contributed by atoms with Gasteiger partial charge in [0.05, 0.1) is 22.1 Å². The minimum Gasteiger partial charge on any atom is -0.370 e. The maximum Gasteiger partial charge on any atom is 0.280 e. The van der Waals surface area contributed by atoms with Crippen LogP contribution in [0.15, 0.2) is 36.5 Å². The van der Waals surface area contributed by atoms with Gasteiger partial charge in [0.25, 0.3) is 5.91 Å². The molecule has 134 valence electrons. The van der Waals surface area contributed by atoms with E-state index < -0.39 is 0 Å². The summed E-state index contributed by atoms with van der Waals surface area (Å²) in [7, 11) is 0. The van der Waals surface area contributed by atoms with Crippen molar-refractivity contribution >= 4 is 39.0 Å². The topological polar surface area (TPSA) is 83.0 Å². The summed E-state index contributed by atoms with van der Waals surface area (Å²) in [5.41, 5.74) is 1.95. The van der Waals surface area contributed by atoms with Gasteiger partial charge in [0.1, 0.15) is 0 Å². The second-order valence-corrected chi connectivity index (χ2v) is 7.19. The standard InChI is InChI=1S/C18H20N6OS/c25-17(18-22-14-5-1-2-6-15(14)26-18)20-8-7-19-16-11-13(12-21-23-16)24-9-3-4-10-24/h1-2,5-6,11-12H,3-4,7-10H2,(H,19,23)(H,20,25). The lowest BCUT2D eigenvalue weighted by molar-refractivity contribution is 0.0955. The number of amides is 1. The highest BCUT2D eigenvalue weighted by molar-refractivity contribution is 7.20. The highest BCUT2D eigenvalue weighted by Crippen LogP contribution is 2.22. The van der Waals surface area contributed by atoms with Crippen molar-refractivity contribution in [3.8, 4) is 0 Å². The summed E-state index contributed by atoms with van der Waals surface area (Å²) in [6, 6.07) is 9.76. The van der Waals surface area contributed by atoms with Gasteiger partial charge >= 0.3 is 0 Å². The lowest BCUT2D eigenvalue weighted by atomic mass is 10.3. The van der Waals surface area contributed by atoms with Crippen LogP contribution in [0.4, 0.5) is 11.5 Å². The third kappa shape index (κ3) is 3.75. The van der Waals surface area contributed by atoms with Crippen molar-refractivity contribution in [3.05, 3.63) is 41.5 Å². The number of anilines is 2. The summed E-state index contributed by atoms with van der Waals surface area (Å²) in [6.07, 6.45) is 4.25. The fourth-order valence-electron chi connectivity index (χ4n) is 3.00. The van der Waals surface area contributed by atoms with Crippen LogP contribution in [0.1, 0.15) is 22.6 Å².